The fourth-order valence-corrected chi connectivity index (χ4v) is 2.59. The van der Waals surface area contributed by atoms with Crippen molar-refractivity contribution in [2.45, 2.75) is 19.8 Å². The zero-order valence-electron chi connectivity index (χ0n) is 11.7. The van der Waals surface area contributed by atoms with Crippen molar-refractivity contribution in [3.63, 3.8) is 0 Å². The van der Waals surface area contributed by atoms with E-state index in [-0.39, 0.29) is 5.91 Å². The highest BCUT2D eigenvalue weighted by Gasteiger charge is 2.25. The summed E-state index contributed by atoms with van der Waals surface area (Å²) in [5.74, 6) is 1.43. The van der Waals surface area contributed by atoms with Crippen molar-refractivity contribution in [3.05, 3.63) is 29.8 Å². The molecule has 0 spiro atoms. The van der Waals surface area contributed by atoms with Gasteiger partial charge in [-0.1, -0.05) is 31.3 Å². The van der Waals surface area contributed by atoms with Crippen LogP contribution in [0.2, 0.25) is 0 Å². The maximum atomic E-state index is 11.6. The highest BCUT2D eigenvalue weighted by atomic mass is 32.1. The summed E-state index contributed by atoms with van der Waals surface area (Å²) in [6, 6.07) is 7.48. The Morgan fingerprint density at radius 2 is 2.25 bits per heavy atom. The van der Waals surface area contributed by atoms with Crippen LogP contribution in [0.25, 0.3) is 0 Å². The second-order valence-corrected chi connectivity index (χ2v) is 5.65. The molecule has 0 radical (unpaired) electrons. The number of ether oxygens (including phenoxy) is 1. The molecule has 1 saturated heterocycles. The van der Waals surface area contributed by atoms with Gasteiger partial charge in [-0.15, -0.1) is 0 Å². The van der Waals surface area contributed by atoms with Crippen molar-refractivity contribution < 1.29 is 9.53 Å². The van der Waals surface area contributed by atoms with E-state index in [0.717, 1.165) is 25.1 Å². The van der Waals surface area contributed by atoms with Crippen molar-refractivity contribution in [2.75, 3.05) is 19.7 Å². The van der Waals surface area contributed by atoms with Crippen molar-refractivity contribution in [3.8, 4) is 5.75 Å². The van der Waals surface area contributed by atoms with E-state index >= 15 is 0 Å². The molecule has 0 aliphatic carbocycles. The summed E-state index contributed by atoms with van der Waals surface area (Å²) in [5.41, 5.74) is 6.41. The molecule has 1 unspecified atom stereocenters. The van der Waals surface area contributed by atoms with Crippen molar-refractivity contribution >= 4 is 23.1 Å². The van der Waals surface area contributed by atoms with E-state index < -0.39 is 0 Å². The molecule has 20 heavy (non-hydrogen) atoms. The molecule has 0 bridgehead atoms. The van der Waals surface area contributed by atoms with E-state index in [2.05, 4.69) is 6.92 Å². The Morgan fingerprint density at radius 1 is 1.50 bits per heavy atom. The van der Waals surface area contributed by atoms with Crippen LogP contribution in [0.1, 0.15) is 25.3 Å². The Balaban J connectivity index is 1.79. The van der Waals surface area contributed by atoms with Gasteiger partial charge in [0.15, 0.2) is 0 Å². The number of thiocarbonyl (C=S) groups is 1. The fourth-order valence-electron chi connectivity index (χ4n) is 2.42. The number of carbonyl (C=O) groups is 1. The van der Waals surface area contributed by atoms with Gasteiger partial charge in [0.05, 0.1) is 12.2 Å². The van der Waals surface area contributed by atoms with Crippen molar-refractivity contribution in [1.82, 2.24) is 4.90 Å². The number of nitrogens with zero attached hydrogens (tertiary/aromatic N) is 1. The van der Waals surface area contributed by atoms with E-state index in [1.165, 1.54) is 0 Å². The normalized spacial score (nSPS) is 18.4. The third kappa shape index (κ3) is 3.70. The van der Waals surface area contributed by atoms with Crippen LogP contribution in [0.4, 0.5) is 0 Å². The molecule has 1 amide bonds. The lowest BCUT2D eigenvalue weighted by atomic mass is 10.2. The average molecular weight is 292 g/mol. The van der Waals surface area contributed by atoms with Gasteiger partial charge in [0.1, 0.15) is 10.7 Å². The van der Waals surface area contributed by atoms with E-state index in [1.54, 1.807) is 0 Å². The van der Waals surface area contributed by atoms with Gasteiger partial charge in [0, 0.05) is 19.5 Å². The van der Waals surface area contributed by atoms with E-state index in [0.29, 0.717) is 29.7 Å². The van der Waals surface area contributed by atoms with Crippen LogP contribution in [0.3, 0.4) is 0 Å². The number of hydrogen-bond acceptors (Lipinski definition) is 3. The van der Waals surface area contributed by atoms with Gasteiger partial charge in [-0.05, 0) is 24.5 Å². The van der Waals surface area contributed by atoms with Gasteiger partial charge in [-0.25, -0.2) is 0 Å². The first-order valence-corrected chi connectivity index (χ1v) is 7.28. The maximum Gasteiger partial charge on any atom is 0.222 e. The molecule has 1 atom stereocenters. The van der Waals surface area contributed by atoms with Crippen LogP contribution >= 0.6 is 12.2 Å². The third-order valence-electron chi connectivity index (χ3n) is 3.39. The van der Waals surface area contributed by atoms with Gasteiger partial charge in [0.2, 0.25) is 5.91 Å². The van der Waals surface area contributed by atoms with Crippen molar-refractivity contribution in [1.29, 1.82) is 0 Å². The molecular formula is C15H20N2O2S. The summed E-state index contributed by atoms with van der Waals surface area (Å²) in [6.45, 7) is 4.27. The molecule has 1 aromatic rings. The maximum absolute atomic E-state index is 11.6. The van der Waals surface area contributed by atoms with E-state index in [1.807, 2.05) is 29.2 Å². The van der Waals surface area contributed by atoms with Crippen LogP contribution in [-0.2, 0) is 4.79 Å². The Morgan fingerprint density at radius 3 is 2.90 bits per heavy atom. The summed E-state index contributed by atoms with van der Waals surface area (Å²) >= 11 is 4.99. The standard InChI is InChI=1S/C15H20N2O2S/c1-11-9-14(18)17(10-11)7-4-8-19-13-6-3-2-5-12(13)15(16)20/h2-3,5-6,11H,4,7-10H2,1H3,(H2,16,20). The minimum atomic E-state index is 0.251. The lowest BCUT2D eigenvalue weighted by Gasteiger charge is -2.16. The summed E-state index contributed by atoms with van der Waals surface area (Å²) in [7, 11) is 0. The van der Waals surface area contributed by atoms with Crippen LogP contribution in [0.5, 0.6) is 5.75 Å². The molecule has 1 aliphatic rings. The molecule has 108 valence electrons. The Kier molecular flexibility index (Phi) is 4.95. The third-order valence-corrected chi connectivity index (χ3v) is 3.61. The molecule has 1 aliphatic heterocycles. The zero-order valence-corrected chi connectivity index (χ0v) is 12.5. The van der Waals surface area contributed by atoms with Crippen molar-refractivity contribution in [2.24, 2.45) is 11.7 Å². The Hall–Kier alpha value is -1.62. The highest BCUT2D eigenvalue weighted by Crippen LogP contribution is 2.19. The van der Waals surface area contributed by atoms with Crippen LogP contribution in [-0.4, -0.2) is 35.5 Å². The largest absolute Gasteiger partial charge is 0.493 e. The minimum absolute atomic E-state index is 0.251. The molecular weight excluding hydrogens is 272 g/mol. The quantitative estimate of drug-likeness (QED) is 0.643. The SMILES string of the molecule is CC1CC(=O)N(CCCOc2ccccc2C(N)=S)C1. The predicted octanol–water partition coefficient (Wildman–Crippen LogP) is 1.96. The molecule has 4 nitrogen and oxygen atoms in total. The molecule has 1 aromatic carbocycles. The second kappa shape index (κ2) is 6.70. The first-order chi connectivity index (χ1) is 9.58. The monoisotopic (exact) mass is 292 g/mol. The smallest absolute Gasteiger partial charge is 0.222 e. The van der Waals surface area contributed by atoms with Gasteiger partial charge < -0.3 is 15.4 Å². The number of para-hydroxylation sites is 1. The first kappa shape index (κ1) is 14.8. The molecule has 0 saturated carbocycles. The van der Waals surface area contributed by atoms with Crippen LogP contribution in [0.15, 0.2) is 24.3 Å². The Bertz CT molecular complexity index is 504. The Labute approximate surface area is 124 Å². The average Bonchev–Trinajstić information content (AvgIpc) is 2.73. The van der Waals surface area contributed by atoms with Gasteiger partial charge in [-0.2, -0.15) is 0 Å². The lowest BCUT2D eigenvalue weighted by Crippen LogP contribution is -2.27. The number of amides is 1. The lowest BCUT2D eigenvalue weighted by molar-refractivity contribution is -0.127. The van der Waals surface area contributed by atoms with E-state index in [4.69, 9.17) is 22.7 Å². The number of carbonyl (C=O) groups excluding carboxylic acids is 1. The van der Waals surface area contributed by atoms with Gasteiger partial charge in [-0.3, -0.25) is 4.79 Å². The minimum Gasteiger partial charge on any atom is -0.493 e. The van der Waals surface area contributed by atoms with Crippen LogP contribution < -0.4 is 10.5 Å². The fraction of sp³-hybridized carbons (Fsp3) is 0.467. The van der Waals surface area contributed by atoms with Gasteiger partial charge in [0.25, 0.3) is 0 Å². The topological polar surface area (TPSA) is 55.6 Å². The summed E-state index contributed by atoms with van der Waals surface area (Å²) in [5, 5.41) is 0. The first-order valence-electron chi connectivity index (χ1n) is 6.87. The number of likely N-dealkylation sites (tertiary alicyclic amines) is 1. The van der Waals surface area contributed by atoms with Gasteiger partial charge >= 0.3 is 0 Å². The molecule has 2 N–H and O–H groups in total. The number of benzene rings is 1. The molecule has 1 heterocycles. The number of rotatable bonds is 6. The summed E-state index contributed by atoms with van der Waals surface area (Å²) < 4.78 is 5.71. The summed E-state index contributed by atoms with van der Waals surface area (Å²) in [6.07, 6.45) is 1.48. The van der Waals surface area contributed by atoms with E-state index in [9.17, 15) is 4.79 Å². The molecule has 2 rings (SSSR count). The number of hydrogen-bond donors (Lipinski definition) is 1. The molecule has 0 aromatic heterocycles. The highest BCUT2D eigenvalue weighted by molar-refractivity contribution is 7.80. The second-order valence-electron chi connectivity index (χ2n) is 5.21. The zero-order chi connectivity index (χ0) is 14.5. The molecule has 5 heteroatoms. The summed E-state index contributed by atoms with van der Waals surface area (Å²) in [4.78, 5) is 13.9. The molecule has 1 fully saturated rings. The predicted molar refractivity (Wildman–Crippen MR) is 82.8 cm³/mol. The van der Waals surface area contributed by atoms with Crippen LogP contribution in [0, 0.1) is 5.92 Å². The number of nitrogens with two attached hydrogens (primary N) is 1.